The average molecular weight is 921 g/mol. The number of aliphatic hydroxyl groups excluding tert-OH is 4. The van der Waals surface area contributed by atoms with Crippen LogP contribution in [0.15, 0.2) is 0 Å². The lowest BCUT2D eigenvalue weighted by Crippen LogP contribution is -2.58. The van der Waals surface area contributed by atoms with Gasteiger partial charge >= 0.3 is 18.4 Å². The van der Waals surface area contributed by atoms with E-state index in [1.165, 1.54) is 44.9 Å². The number of carbonyl (C=O) groups excluding carboxylic acids is 2. The highest BCUT2D eigenvalue weighted by Crippen LogP contribution is 2.70. The minimum absolute atomic E-state index is 0.170. The van der Waals surface area contributed by atoms with E-state index in [2.05, 4.69) is 41.5 Å². The Hall–Kier alpha value is -1.26. The Morgan fingerprint density at radius 2 is 1.03 bits per heavy atom. The molecule has 0 aromatic rings. The van der Waals surface area contributed by atoms with Crippen LogP contribution in [0.4, 0.5) is 0 Å². The van der Waals surface area contributed by atoms with Crippen LogP contribution in [0.25, 0.3) is 0 Å². The first-order valence-electron chi connectivity index (χ1n) is 28.2. The summed E-state index contributed by atoms with van der Waals surface area (Å²) in [6.07, 6.45) is 22.3. The van der Waals surface area contributed by atoms with E-state index in [9.17, 15) is 30.0 Å². The Balaban J connectivity index is 0.740. The SMILES string of the molecule is CC(CCC(=O)OC(OCC1CC2CCC1C2)OC(=O)CCC(C)C1CCC2C3CCC4CC(O)CCC4(C)C3CC(O)C12C)C1CCC2C3CCC4CC(O)CCC4(C)C3CC(O)C12C. The topological polar surface area (TPSA) is 143 Å². The van der Waals surface area contributed by atoms with Crippen LogP contribution in [0, 0.1) is 110 Å². The second-order valence-corrected chi connectivity index (χ2v) is 26.8. The largest absolute Gasteiger partial charge is 0.400 e. The molecule has 0 aromatic heterocycles. The molecule has 0 aromatic carbocycles. The predicted octanol–water partition coefficient (Wildman–Crippen LogP) is 10.6. The van der Waals surface area contributed by atoms with Crippen LogP contribution in [0.1, 0.15) is 196 Å². The molecule has 0 saturated heterocycles. The van der Waals surface area contributed by atoms with Crippen molar-refractivity contribution in [3.63, 3.8) is 0 Å². The molecule has 374 valence electrons. The third kappa shape index (κ3) is 8.20. The van der Waals surface area contributed by atoms with E-state index in [-0.39, 0.29) is 70.8 Å². The van der Waals surface area contributed by atoms with Crippen LogP contribution in [0.3, 0.4) is 0 Å². The van der Waals surface area contributed by atoms with Crippen molar-refractivity contribution in [2.75, 3.05) is 6.61 Å². The molecule has 10 saturated carbocycles. The molecule has 4 N–H and O–H groups in total. The van der Waals surface area contributed by atoms with Gasteiger partial charge < -0.3 is 34.6 Å². The lowest BCUT2D eigenvalue weighted by molar-refractivity contribution is -0.270. The number of esters is 2. The summed E-state index contributed by atoms with van der Waals surface area (Å²) in [6, 6.07) is 0. The van der Waals surface area contributed by atoms with Crippen LogP contribution in [0.2, 0.25) is 0 Å². The van der Waals surface area contributed by atoms with Crippen LogP contribution in [-0.4, -0.2) is 69.9 Å². The van der Waals surface area contributed by atoms with Gasteiger partial charge in [0.25, 0.3) is 0 Å². The van der Waals surface area contributed by atoms with Gasteiger partial charge in [0, 0.05) is 12.8 Å². The molecule has 9 nitrogen and oxygen atoms in total. The van der Waals surface area contributed by atoms with Gasteiger partial charge in [0.15, 0.2) is 0 Å². The van der Waals surface area contributed by atoms with E-state index in [1.54, 1.807) is 0 Å². The molecule has 23 atom stereocenters. The zero-order chi connectivity index (χ0) is 46.5. The van der Waals surface area contributed by atoms with E-state index in [0.717, 1.165) is 89.4 Å². The van der Waals surface area contributed by atoms with E-state index in [4.69, 9.17) is 14.2 Å². The molecule has 10 aliphatic carbocycles. The normalized spacial score (nSPS) is 51.6. The molecule has 2 bridgehead atoms. The molecule has 0 radical (unpaired) electrons. The van der Waals surface area contributed by atoms with Crippen LogP contribution >= 0.6 is 0 Å². The van der Waals surface area contributed by atoms with Gasteiger partial charge in [-0.15, -0.1) is 0 Å². The maximum Gasteiger partial charge on any atom is 0.365 e. The number of ether oxygens (including phenoxy) is 3. The molecule has 10 fully saturated rings. The molecule has 9 heteroatoms. The minimum atomic E-state index is -1.35. The van der Waals surface area contributed by atoms with Gasteiger partial charge in [0.1, 0.15) is 0 Å². The summed E-state index contributed by atoms with van der Waals surface area (Å²) in [4.78, 5) is 27.5. The second-order valence-electron chi connectivity index (χ2n) is 26.8. The summed E-state index contributed by atoms with van der Waals surface area (Å²) in [6.45, 7) is 13.3. The predicted molar refractivity (Wildman–Crippen MR) is 253 cm³/mol. The van der Waals surface area contributed by atoms with Crippen LogP contribution in [-0.2, 0) is 23.8 Å². The molecule has 0 heterocycles. The lowest BCUT2D eigenvalue weighted by Gasteiger charge is -2.62. The number of hydrogen-bond acceptors (Lipinski definition) is 9. The van der Waals surface area contributed by atoms with Crippen molar-refractivity contribution in [2.24, 2.45) is 110 Å². The molecule has 0 aliphatic heterocycles. The Labute approximate surface area is 398 Å². The first kappa shape index (κ1) is 48.4. The summed E-state index contributed by atoms with van der Waals surface area (Å²) in [5, 5.41) is 45.2. The molecule has 23 unspecified atom stereocenters. The highest BCUT2D eigenvalue weighted by atomic mass is 16.9. The van der Waals surface area contributed by atoms with E-state index in [1.807, 2.05) is 0 Å². The van der Waals surface area contributed by atoms with Gasteiger partial charge in [-0.2, -0.15) is 0 Å². The molecule has 10 aliphatic rings. The Morgan fingerprint density at radius 1 is 0.545 bits per heavy atom. The Kier molecular flexibility index (Phi) is 13.5. The fourth-order valence-electron chi connectivity index (χ4n) is 20.6. The number of fused-ring (bicyclic) bond motifs is 12. The van der Waals surface area contributed by atoms with Crippen molar-refractivity contribution in [1.82, 2.24) is 0 Å². The number of rotatable bonds is 13. The van der Waals surface area contributed by atoms with Crippen molar-refractivity contribution >= 4 is 11.9 Å². The van der Waals surface area contributed by atoms with Gasteiger partial charge in [0.2, 0.25) is 0 Å². The molecule has 10 rings (SSSR count). The summed E-state index contributed by atoms with van der Waals surface area (Å²) in [5.74, 6) is 6.49. The smallest absolute Gasteiger partial charge is 0.365 e. The third-order valence-corrected chi connectivity index (χ3v) is 24.4. The monoisotopic (exact) mass is 921 g/mol. The molecular formula is C57H92O9. The molecule has 0 spiro atoms. The van der Waals surface area contributed by atoms with Crippen LogP contribution in [0.5, 0.6) is 0 Å². The Morgan fingerprint density at radius 3 is 1.47 bits per heavy atom. The number of carbonyl (C=O) groups is 2. The quantitative estimate of drug-likeness (QED) is 0.105. The second kappa shape index (κ2) is 18.4. The summed E-state index contributed by atoms with van der Waals surface area (Å²) < 4.78 is 18.2. The first-order valence-corrected chi connectivity index (χ1v) is 28.2. The van der Waals surface area contributed by atoms with Crippen LogP contribution < -0.4 is 0 Å². The lowest BCUT2D eigenvalue weighted by atomic mass is 9.43. The maximum atomic E-state index is 13.7. The zero-order valence-electron chi connectivity index (χ0n) is 42.1. The third-order valence-electron chi connectivity index (χ3n) is 24.4. The number of hydrogen-bond donors (Lipinski definition) is 4. The zero-order valence-corrected chi connectivity index (χ0v) is 42.1. The average Bonchev–Trinajstić information content (AvgIpc) is 4.08. The molecule has 0 amide bonds. The van der Waals surface area contributed by atoms with Crippen molar-refractivity contribution in [1.29, 1.82) is 0 Å². The fraction of sp³-hybridized carbons (Fsp3) is 0.965. The summed E-state index contributed by atoms with van der Waals surface area (Å²) in [5.41, 5.74) is 0.0628. The van der Waals surface area contributed by atoms with Crippen molar-refractivity contribution in [3.8, 4) is 0 Å². The maximum absolute atomic E-state index is 13.7. The Bertz CT molecular complexity index is 1650. The van der Waals surface area contributed by atoms with E-state index >= 15 is 0 Å². The van der Waals surface area contributed by atoms with Gasteiger partial charge in [0.05, 0.1) is 31.0 Å². The standard InChI is InChI=1S/C57H92O9/c1-32(43-15-17-45-41-13-11-37-27-39(58)21-23-54(37,3)47(41)29-49(60)56(43,45)5)7-19-51(62)65-53(64-31-36-26-34-9-10-35(36)25-34)66-52(63)20-8-33(2)44-16-18-46-42-14-12-38-28-40(59)22-24-55(38,4)48(42)30-50(61)57(44,46)6/h32-50,53,58-61H,7-31H2,1-6H3. The van der Waals surface area contributed by atoms with Gasteiger partial charge in [-0.1, -0.05) is 48.0 Å². The van der Waals surface area contributed by atoms with Gasteiger partial charge in [-0.25, -0.2) is 0 Å². The number of aliphatic hydroxyl groups is 4. The van der Waals surface area contributed by atoms with E-state index < -0.39 is 18.4 Å². The van der Waals surface area contributed by atoms with Gasteiger partial charge in [-0.3, -0.25) is 9.59 Å². The highest BCUT2D eigenvalue weighted by molar-refractivity contribution is 5.71. The van der Waals surface area contributed by atoms with Crippen molar-refractivity contribution in [3.05, 3.63) is 0 Å². The summed E-state index contributed by atoms with van der Waals surface area (Å²) in [7, 11) is 0. The van der Waals surface area contributed by atoms with Crippen molar-refractivity contribution in [2.45, 2.75) is 227 Å². The van der Waals surface area contributed by atoms with E-state index in [0.29, 0.717) is 90.5 Å². The summed E-state index contributed by atoms with van der Waals surface area (Å²) >= 11 is 0. The van der Waals surface area contributed by atoms with Gasteiger partial charge in [-0.05, 0) is 245 Å². The van der Waals surface area contributed by atoms with Crippen molar-refractivity contribution < 1.29 is 44.2 Å². The molecular weight excluding hydrogens is 829 g/mol. The first-order chi connectivity index (χ1) is 31.4. The molecule has 66 heavy (non-hydrogen) atoms. The minimum Gasteiger partial charge on any atom is -0.400 e. The highest BCUT2D eigenvalue weighted by Gasteiger charge is 2.65. The fourth-order valence-corrected chi connectivity index (χ4v) is 20.6.